The molecule has 7 heteroatoms. The quantitative estimate of drug-likeness (QED) is 0.326. The van der Waals surface area contributed by atoms with Gasteiger partial charge in [-0.2, -0.15) is 0 Å². The van der Waals surface area contributed by atoms with Gasteiger partial charge in [0.2, 0.25) is 5.78 Å². The maximum Gasteiger partial charge on any atom is 0.344 e. The molecule has 1 atom stereocenters. The first-order valence-electron chi connectivity index (χ1n) is 7.96. The molecule has 0 aliphatic heterocycles. The molecule has 0 amide bonds. The smallest absolute Gasteiger partial charge is 0.344 e. The molecule has 0 fully saturated rings. The second kappa shape index (κ2) is 8.24. The molecular formula is C19H19NO6. The minimum atomic E-state index is -0.940. The standard InChI is InChI=1S/C19H19NO6/c1-12-4-5-15(10-13(12)2)19(22)14(3)26-18(21)11-25-17-8-6-16(7-9-17)20(23)24/h4-10,14H,11H2,1-3H3/t14-/m1/s1. The van der Waals surface area contributed by atoms with Crippen LogP contribution in [0.5, 0.6) is 5.75 Å². The number of hydrogen-bond donors (Lipinski definition) is 0. The van der Waals surface area contributed by atoms with Crippen LogP contribution in [0.3, 0.4) is 0 Å². The number of ether oxygens (including phenoxy) is 2. The SMILES string of the molecule is Cc1ccc(C(=O)[C@@H](C)OC(=O)COc2ccc([N+](=O)[O-])cc2)cc1C. The molecule has 7 nitrogen and oxygen atoms in total. The van der Waals surface area contributed by atoms with Gasteiger partial charge in [0, 0.05) is 17.7 Å². The van der Waals surface area contributed by atoms with E-state index >= 15 is 0 Å². The Kier molecular flexibility index (Phi) is 6.06. The Morgan fingerprint density at radius 2 is 1.73 bits per heavy atom. The summed E-state index contributed by atoms with van der Waals surface area (Å²) in [5, 5.41) is 10.6. The molecule has 2 aromatic rings. The molecular weight excluding hydrogens is 338 g/mol. The highest BCUT2D eigenvalue weighted by atomic mass is 16.6. The number of esters is 1. The lowest BCUT2D eigenvalue weighted by Crippen LogP contribution is -2.27. The first-order chi connectivity index (χ1) is 12.3. The van der Waals surface area contributed by atoms with Crippen LogP contribution in [0, 0.1) is 24.0 Å². The van der Waals surface area contributed by atoms with Gasteiger partial charge in [-0.15, -0.1) is 0 Å². The first kappa shape index (κ1) is 19.1. The third kappa shape index (κ3) is 4.89. The van der Waals surface area contributed by atoms with Crippen molar-refractivity contribution in [1.82, 2.24) is 0 Å². The third-order valence-electron chi connectivity index (χ3n) is 3.87. The normalized spacial score (nSPS) is 11.5. The van der Waals surface area contributed by atoms with Crippen molar-refractivity contribution >= 4 is 17.4 Å². The minimum absolute atomic E-state index is 0.0764. The van der Waals surface area contributed by atoms with E-state index in [9.17, 15) is 19.7 Å². The predicted octanol–water partition coefficient (Wildman–Crippen LogP) is 3.41. The number of rotatable bonds is 7. The number of benzene rings is 2. The van der Waals surface area contributed by atoms with Crippen molar-refractivity contribution in [2.75, 3.05) is 6.61 Å². The average molecular weight is 357 g/mol. The fraction of sp³-hybridized carbons (Fsp3) is 0.263. The molecule has 26 heavy (non-hydrogen) atoms. The van der Waals surface area contributed by atoms with Crippen LogP contribution < -0.4 is 4.74 Å². The zero-order valence-electron chi connectivity index (χ0n) is 14.7. The lowest BCUT2D eigenvalue weighted by Gasteiger charge is -2.13. The summed E-state index contributed by atoms with van der Waals surface area (Å²) in [6.07, 6.45) is -0.940. The van der Waals surface area contributed by atoms with Crippen molar-refractivity contribution in [3.63, 3.8) is 0 Å². The summed E-state index contributed by atoms with van der Waals surface area (Å²) in [7, 11) is 0. The number of Topliss-reactive ketones (excluding diaryl/α,β-unsaturated/α-hetero) is 1. The number of non-ortho nitro benzene ring substituents is 1. The Labute approximate surface area is 150 Å². The zero-order valence-corrected chi connectivity index (χ0v) is 14.7. The van der Waals surface area contributed by atoms with E-state index in [0.29, 0.717) is 11.3 Å². The topological polar surface area (TPSA) is 95.7 Å². The summed E-state index contributed by atoms with van der Waals surface area (Å²) in [5.41, 5.74) is 2.45. The minimum Gasteiger partial charge on any atom is -0.482 e. The second-order valence-electron chi connectivity index (χ2n) is 5.84. The molecule has 0 radical (unpaired) electrons. The number of carbonyl (C=O) groups excluding carboxylic acids is 2. The van der Waals surface area contributed by atoms with Gasteiger partial charge < -0.3 is 9.47 Å². The lowest BCUT2D eigenvalue weighted by atomic mass is 10.0. The van der Waals surface area contributed by atoms with Crippen LogP contribution in [-0.4, -0.2) is 29.4 Å². The van der Waals surface area contributed by atoms with Crippen molar-refractivity contribution < 1.29 is 24.0 Å². The van der Waals surface area contributed by atoms with Crippen LogP contribution in [0.25, 0.3) is 0 Å². The summed E-state index contributed by atoms with van der Waals surface area (Å²) in [5.74, 6) is -0.703. The summed E-state index contributed by atoms with van der Waals surface area (Å²) >= 11 is 0. The Balaban J connectivity index is 1.89. The molecule has 0 N–H and O–H groups in total. The number of carbonyl (C=O) groups is 2. The number of ketones is 1. The number of nitro benzene ring substituents is 1. The van der Waals surface area contributed by atoms with E-state index in [2.05, 4.69) is 0 Å². The number of nitrogens with zero attached hydrogens (tertiary/aromatic N) is 1. The van der Waals surface area contributed by atoms with E-state index in [0.717, 1.165) is 11.1 Å². The van der Waals surface area contributed by atoms with Crippen LogP contribution in [-0.2, 0) is 9.53 Å². The molecule has 0 unspecified atom stereocenters. The van der Waals surface area contributed by atoms with Crippen LogP contribution in [0.4, 0.5) is 5.69 Å². The van der Waals surface area contributed by atoms with Gasteiger partial charge in [-0.05, 0) is 50.1 Å². The van der Waals surface area contributed by atoms with Crippen molar-refractivity contribution in [2.45, 2.75) is 26.9 Å². The summed E-state index contributed by atoms with van der Waals surface area (Å²) in [4.78, 5) is 34.2. The van der Waals surface area contributed by atoms with Crippen LogP contribution in [0.15, 0.2) is 42.5 Å². The van der Waals surface area contributed by atoms with Crippen LogP contribution >= 0.6 is 0 Å². The molecule has 0 aromatic heterocycles. The number of aryl methyl sites for hydroxylation is 2. The van der Waals surface area contributed by atoms with Gasteiger partial charge in [-0.25, -0.2) is 4.79 Å². The molecule has 2 aromatic carbocycles. The highest BCUT2D eigenvalue weighted by Gasteiger charge is 2.20. The fourth-order valence-corrected chi connectivity index (χ4v) is 2.22. The van der Waals surface area contributed by atoms with E-state index in [-0.39, 0.29) is 11.5 Å². The maximum atomic E-state index is 12.3. The Hall–Kier alpha value is -3.22. The van der Waals surface area contributed by atoms with E-state index in [1.165, 1.54) is 31.2 Å². The Morgan fingerprint density at radius 3 is 2.31 bits per heavy atom. The van der Waals surface area contributed by atoms with E-state index < -0.39 is 23.6 Å². The fourth-order valence-electron chi connectivity index (χ4n) is 2.22. The Morgan fingerprint density at radius 1 is 1.08 bits per heavy atom. The molecule has 0 spiro atoms. The molecule has 0 saturated carbocycles. The van der Waals surface area contributed by atoms with Crippen molar-refractivity contribution in [1.29, 1.82) is 0 Å². The number of nitro groups is 1. The van der Waals surface area contributed by atoms with Crippen molar-refractivity contribution in [3.05, 3.63) is 69.3 Å². The molecule has 0 aliphatic rings. The van der Waals surface area contributed by atoms with Gasteiger partial charge in [0.15, 0.2) is 12.7 Å². The van der Waals surface area contributed by atoms with Gasteiger partial charge in [0.05, 0.1) is 4.92 Å². The van der Waals surface area contributed by atoms with Gasteiger partial charge in [-0.3, -0.25) is 14.9 Å². The summed E-state index contributed by atoms with van der Waals surface area (Å²) < 4.78 is 10.3. The molecule has 0 saturated heterocycles. The Bertz CT molecular complexity index is 828. The van der Waals surface area contributed by atoms with Gasteiger partial charge in [0.25, 0.3) is 5.69 Å². The van der Waals surface area contributed by atoms with Crippen LogP contribution in [0.2, 0.25) is 0 Å². The molecule has 136 valence electrons. The lowest BCUT2D eigenvalue weighted by molar-refractivity contribution is -0.384. The first-order valence-corrected chi connectivity index (χ1v) is 7.96. The molecule has 0 bridgehead atoms. The average Bonchev–Trinajstić information content (AvgIpc) is 2.62. The summed E-state index contributed by atoms with van der Waals surface area (Å²) in [6.45, 7) is 4.95. The van der Waals surface area contributed by atoms with Crippen molar-refractivity contribution in [2.24, 2.45) is 0 Å². The molecule has 0 aliphatic carbocycles. The van der Waals surface area contributed by atoms with E-state index in [1.807, 2.05) is 19.9 Å². The highest BCUT2D eigenvalue weighted by Crippen LogP contribution is 2.17. The monoisotopic (exact) mass is 357 g/mol. The van der Waals surface area contributed by atoms with Gasteiger partial charge in [0.1, 0.15) is 5.75 Å². The highest BCUT2D eigenvalue weighted by molar-refractivity contribution is 6.00. The number of hydrogen-bond acceptors (Lipinski definition) is 6. The summed E-state index contributed by atoms with van der Waals surface area (Å²) in [6, 6.07) is 10.6. The van der Waals surface area contributed by atoms with E-state index in [1.54, 1.807) is 12.1 Å². The van der Waals surface area contributed by atoms with Crippen LogP contribution in [0.1, 0.15) is 28.4 Å². The second-order valence-corrected chi connectivity index (χ2v) is 5.84. The third-order valence-corrected chi connectivity index (χ3v) is 3.87. The largest absolute Gasteiger partial charge is 0.482 e. The predicted molar refractivity (Wildman–Crippen MR) is 94.4 cm³/mol. The van der Waals surface area contributed by atoms with E-state index in [4.69, 9.17) is 9.47 Å². The molecule has 2 rings (SSSR count). The van der Waals surface area contributed by atoms with Gasteiger partial charge >= 0.3 is 5.97 Å². The maximum absolute atomic E-state index is 12.3. The zero-order chi connectivity index (χ0) is 19.3. The van der Waals surface area contributed by atoms with Gasteiger partial charge in [-0.1, -0.05) is 12.1 Å². The van der Waals surface area contributed by atoms with Crippen molar-refractivity contribution in [3.8, 4) is 5.75 Å². The molecule has 0 heterocycles.